The molecule has 0 aliphatic carbocycles. The molecule has 4 rings (SSSR count). The second-order valence-corrected chi connectivity index (χ2v) is 7.35. The molecule has 1 saturated heterocycles. The number of benzene rings is 1. The Kier molecular flexibility index (Phi) is 4.58. The van der Waals surface area contributed by atoms with Crippen LogP contribution in [0.15, 0.2) is 22.7 Å². The second-order valence-electron chi connectivity index (χ2n) is 6.32. The van der Waals surface area contributed by atoms with Gasteiger partial charge >= 0.3 is 0 Å². The highest BCUT2D eigenvalue weighted by atomic mass is 32.1. The molecule has 1 aliphatic heterocycles. The number of methoxy groups -OCH3 is 1. The van der Waals surface area contributed by atoms with Gasteiger partial charge in [0.05, 0.1) is 17.3 Å². The normalized spacial score (nSPS) is 15.5. The van der Waals surface area contributed by atoms with Gasteiger partial charge in [-0.2, -0.15) is 4.98 Å². The van der Waals surface area contributed by atoms with Crippen molar-refractivity contribution in [2.24, 2.45) is 0 Å². The van der Waals surface area contributed by atoms with Gasteiger partial charge in [-0.3, -0.25) is 4.79 Å². The SMILES string of the molecule is CCC(=O)N1CCC(c2nc(-c3nc4ccc(OC)cc4s3)no2)CC1. The van der Waals surface area contributed by atoms with E-state index in [4.69, 9.17) is 9.26 Å². The van der Waals surface area contributed by atoms with Gasteiger partial charge in [0.25, 0.3) is 0 Å². The molecule has 0 atom stereocenters. The minimum atomic E-state index is 0.201. The summed E-state index contributed by atoms with van der Waals surface area (Å²) in [5.74, 6) is 2.37. The van der Waals surface area contributed by atoms with Crippen molar-refractivity contribution in [2.45, 2.75) is 32.1 Å². The van der Waals surface area contributed by atoms with Crippen molar-refractivity contribution >= 4 is 27.5 Å². The van der Waals surface area contributed by atoms with Crippen molar-refractivity contribution in [2.75, 3.05) is 20.2 Å². The molecule has 0 N–H and O–H groups in total. The average molecular weight is 372 g/mol. The summed E-state index contributed by atoms with van der Waals surface area (Å²) < 4.78 is 11.8. The smallest absolute Gasteiger partial charge is 0.231 e. The van der Waals surface area contributed by atoms with Crippen LogP contribution in [0.1, 0.15) is 38.0 Å². The molecular weight excluding hydrogens is 352 g/mol. The van der Waals surface area contributed by atoms with E-state index in [1.54, 1.807) is 7.11 Å². The Morgan fingerprint density at radius 3 is 2.88 bits per heavy atom. The number of carbonyl (C=O) groups excluding carboxylic acids is 1. The van der Waals surface area contributed by atoms with Gasteiger partial charge in [-0.05, 0) is 31.0 Å². The third-order valence-corrected chi connectivity index (χ3v) is 5.74. The standard InChI is InChI=1S/C18H20N4O3S/c1-3-15(23)22-8-6-11(7-9-22)17-20-16(21-25-17)18-19-13-5-4-12(24-2)10-14(13)26-18/h4-5,10-11H,3,6-9H2,1-2H3. The van der Waals surface area contributed by atoms with Crippen LogP contribution in [0.5, 0.6) is 5.75 Å². The Hall–Kier alpha value is -2.48. The third kappa shape index (κ3) is 3.16. The number of aromatic nitrogens is 3. The fourth-order valence-electron chi connectivity index (χ4n) is 3.21. The van der Waals surface area contributed by atoms with Gasteiger partial charge in [0, 0.05) is 25.4 Å². The Morgan fingerprint density at radius 1 is 1.35 bits per heavy atom. The highest BCUT2D eigenvalue weighted by Gasteiger charge is 2.27. The van der Waals surface area contributed by atoms with Crippen LogP contribution in [0, 0.1) is 0 Å². The highest BCUT2D eigenvalue weighted by molar-refractivity contribution is 7.21. The molecule has 3 heterocycles. The number of thiazole rings is 1. The maximum absolute atomic E-state index is 11.8. The Labute approximate surface area is 155 Å². The molecule has 0 bridgehead atoms. The number of carbonyl (C=O) groups is 1. The average Bonchev–Trinajstić information content (AvgIpc) is 3.33. The third-order valence-electron chi connectivity index (χ3n) is 4.73. The van der Waals surface area contributed by atoms with Gasteiger partial charge in [-0.15, -0.1) is 11.3 Å². The molecule has 7 nitrogen and oxygen atoms in total. The molecule has 136 valence electrons. The van der Waals surface area contributed by atoms with Gasteiger partial charge in [-0.25, -0.2) is 4.98 Å². The summed E-state index contributed by atoms with van der Waals surface area (Å²) in [4.78, 5) is 22.9. The van der Waals surface area contributed by atoms with E-state index in [1.165, 1.54) is 11.3 Å². The molecule has 1 aromatic carbocycles. The number of piperidine rings is 1. The number of ether oxygens (including phenoxy) is 1. The van der Waals surface area contributed by atoms with Crippen LogP contribution in [0.3, 0.4) is 0 Å². The summed E-state index contributed by atoms with van der Waals surface area (Å²) >= 11 is 1.52. The lowest BCUT2D eigenvalue weighted by Gasteiger charge is -2.30. The summed E-state index contributed by atoms with van der Waals surface area (Å²) in [7, 11) is 1.65. The molecule has 3 aromatic rings. The summed E-state index contributed by atoms with van der Waals surface area (Å²) in [6.45, 7) is 3.39. The predicted molar refractivity (Wildman–Crippen MR) is 98.3 cm³/mol. The van der Waals surface area contributed by atoms with E-state index in [2.05, 4.69) is 15.1 Å². The van der Waals surface area contributed by atoms with Crippen LogP contribution >= 0.6 is 11.3 Å². The Morgan fingerprint density at radius 2 is 2.15 bits per heavy atom. The van der Waals surface area contributed by atoms with Crippen LogP contribution in [-0.4, -0.2) is 46.1 Å². The van der Waals surface area contributed by atoms with Gasteiger partial charge in [0.1, 0.15) is 5.75 Å². The fourth-order valence-corrected chi connectivity index (χ4v) is 4.13. The van der Waals surface area contributed by atoms with Crippen LogP contribution in [0.4, 0.5) is 0 Å². The summed E-state index contributed by atoms with van der Waals surface area (Å²) in [5, 5.41) is 4.86. The number of fused-ring (bicyclic) bond motifs is 1. The molecule has 0 unspecified atom stereocenters. The largest absolute Gasteiger partial charge is 0.497 e. The van der Waals surface area contributed by atoms with Crippen LogP contribution in [0.25, 0.3) is 21.0 Å². The minimum Gasteiger partial charge on any atom is -0.497 e. The maximum atomic E-state index is 11.8. The Bertz CT molecular complexity index is 928. The van der Waals surface area contributed by atoms with E-state index in [0.29, 0.717) is 18.1 Å². The van der Waals surface area contributed by atoms with Crippen LogP contribution in [0.2, 0.25) is 0 Å². The quantitative estimate of drug-likeness (QED) is 0.697. The molecule has 8 heteroatoms. The number of rotatable bonds is 4. The minimum absolute atomic E-state index is 0.201. The molecule has 26 heavy (non-hydrogen) atoms. The number of amides is 1. The highest BCUT2D eigenvalue weighted by Crippen LogP contribution is 2.33. The zero-order valence-electron chi connectivity index (χ0n) is 14.8. The molecule has 1 fully saturated rings. The van der Waals surface area contributed by atoms with E-state index >= 15 is 0 Å². The second kappa shape index (κ2) is 7.03. The maximum Gasteiger partial charge on any atom is 0.231 e. The van der Waals surface area contributed by atoms with E-state index in [0.717, 1.165) is 46.9 Å². The van der Waals surface area contributed by atoms with Crippen molar-refractivity contribution in [3.8, 4) is 16.6 Å². The van der Waals surface area contributed by atoms with E-state index in [-0.39, 0.29) is 11.8 Å². The van der Waals surface area contributed by atoms with Crippen molar-refractivity contribution in [1.82, 2.24) is 20.0 Å². The lowest BCUT2D eigenvalue weighted by atomic mass is 9.96. The first kappa shape index (κ1) is 17.0. The topological polar surface area (TPSA) is 81.4 Å². The van der Waals surface area contributed by atoms with Gasteiger partial charge in [0.15, 0.2) is 5.01 Å². The monoisotopic (exact) mass is 372 g/mol. The number of nitrogens with zero attached hydrogens (tertiary/aromatic N) is 4. The molecule has 0 radical (unpaired) electrons. The lowest BCUT2D eigenvalue weighted by Crippen LogP contribution is -2.37. The first-order chi connectivity index (χ1) is 12.7. The first-order valence-corrected chi connectivity index (χ1v) is 9.56. The summed E-state index contributed by atoms with van der Waals surface area (Å²) in [5.41, 5.74) is 0.892. The van der Waals surface area contributed by atoms with Crippen LogP contribution in [-0.2, 0) is 4.79 Å². The molecule has 2 aromatic heterocycles. The molecular formula is C18H20N4O3S. The van der Waals surface area contributed by atoms with Crippen molar-refractivity contribution in [3.63, 3.8) is 0 Å². The van der Waals surface area contributed by atoms with E-state index < -0.39 is 0 Å². The number of hydrogen-bond donors (Lipinski definition) is 0. The number of likely N-dealkylation sites (tertiary alicyclic amines) is 1. The van der Waals surface area contributed by atoms with Gasteiger partial charge in [-0.1, -0.05) is 12.1 Å². The Balaban J connectivity index is 1.51. The van der Waals surface area contributed by atoms with E-state index in [1.807, 2.05) is 30.0 Å². The number of hydrogen-bond acceptors (Lipinski definition) is 7. The molecule has 1 aliphatic rings. The van der Waals surface area contributed by atoms with Crippen molar-refractivity contribution in [3.05, 3.63) is 24.1 Å². The molecule has 0 saturated carbocycles. The predicted octanol–water partition coefficient (Wildman–Crippen LogP) is 3.47. The van der Waals surface area contributed by atoms with Crippen molar-refractivity contribution < 1.29 is 14.1 Å². The summed E-state index contributed by atoms with van der Waals surface area (Å²) in [6, 6.07) is 5.77. The molecule has 0 spiro atoms. The first-order valence-electron chi connectivity index (χ1n) is 8.74. The van der Waals surface area contributed by atoms with Crippen LogP contribution < -0.4 is 4.74 Å². The molecule has 1 amide bonds. The fraction of sp³-hybridized carbons (Fsp3) is 0.444. The van der Waals surface area contributed by atoms with Gasteiger partial charge in [0.2, 0.25) is 17.6 Å². The zero-order valence-corrected chi connectivity index (χ0v) is 15.6. The zero-order chi connectivity index (χ0) is 18.1. The summed E-state index contributed by atoms with van der Waals surface area (Å²) in [6.07, 6.45) is 2.26. The van der Waals surface area contributed by atoms with E-state index in [9.17, 15) is 4.79 Å². The van der Waals surface area contributed by atoms with Crippen molar-refractivity contribution in [1.29, 1.82) is 0 Å². The van der Waals surface area contributed by atoms with Gasteiger partial charge < -0.3 is 14.2 Å². The lowest BCUT2D eigenvalue weighted by molar-refractivity contribution is -0.131.